The Morgan fingerprint density at radius 3 is 1.32 bits per heavy atom. The maximum absolute atomic E-state index is 10.7. The van der Waals surface area contributed by atoms with Crippen LogP contribution in [0, 0.1) is 6.92 Å². The molecule has 0 aromatic rings. The summed E-state index contributed by atoms with van der Waals surface area (Å²) in [6, 6.07) is 0. The first kappa shape index (κ1) is 29.9. The van der Waals surface area contributed by atoms with Crippen molar-refractivity contribution in [3.05, 3.63) is 19.6 Å². The first-order valence-corrected chi connectivity index (χ1v) is 8.41. The van der Waals surface area contributed by atoms with Crippen LogP contribution >= 0.6 is 0 Å². The summed E-state index contributed by atoms with van der Waals surface area (Å²) >= 11 is 0. The van der Waals surface area contributed by atoms with Crippen molar-refractivity contribution >= 4 is 10.1 Å². The molecule has 0 aromatic heterocycles. The van der Waals surface area contributed by atoms with Crippen molar-refractivity contribution in [1.82, 2.24) is 0 Å². The van der Waals surface area contributed by atoms with Gasteiger partial charge in [0.05, 0.1) is 0 Å². The molecular formula is C14H27F3O3PdS. The molecule has 0 atom stereocenters. The van der Waals surface area contributed by atoms with Crippen LogP contribution in [0.1, 0.15) is 65.2 Å². The van der Waals surface area contributed by atoms with Gasteiger partial charge in [-0.2, -0.15) is 13.2 Å². The zero-order valence-corrected chi connectivity index (χ0v) is 15.6. The van der Waals surface area contributed by atoms with Crippen LogP contribution < -0.4 is 0 Å². The number of halogens is 3. The Morgan fingerprint density at radius 1 is 1.00 bits per heavy atom. The van der Waals surface area contributed by atoms with Crippen LogP contribution in [0.2, 0.25) is 0 Å². The van der Waals surface area contributed by atoms with Gasteiger partial charge in [-0.15, -0.1) is 0 Å². The minimum Gasteiger partial charge on any atom is -0.741 e. The Balaban J connectivity index is -0.000000122. The van der Waals surface area contributed by atoms with Crippen LogP contribution in [0.5, 0.6) is 0 Å². The standard InChI is InChI=1S/C10H22.C3H5.CHF3O3S.Pd/c1-3-5-7-9-10-8-6-4-2;1-3-2;2-1(3,4)8(5,6)7;/h3-10H2,1-2H3;3H,1-2H2;(H,5,6,7);/q;-1;;+2/p-1. The Labute approximate surface area is 147 Å². The zero-order chi connectivity index (χ0) is 17.4. The zero-order valence-electron chi connectivity index (χ0n) is 13.2. The summed E-state index contributed by atoms with van der Waals surface area (Å²) in [4.78, 5) is 0. The minimum absolute atomic E-state index is 0. The third kappa shape index (κ3) is 28.2. The molecule has 0 rings (SSSR count). The van der Waals surface area contributed by atoms with Crippen molar-refractivity contribution in [2.75, 3.05) is 0 Å². The second kappa shape index (κ2) is 19.0. The van der Waals surface area contributed by atoms with Gasteiger partial charge in [-0.25, -0.2) is 28.0 Å². The van der Waals surface area contributed by atoms with E-state index in [0.717, 1.165) is 0 Å². The number of unbranched alkanes of at least 4 members (excludes halogenated alkanes) is 7. The normalized spacial score (nSPS) is 10.3. The number of allylic oxidation sites excluding steroid dienone is 1. The number of hydrogen-bond acceptors (Lipinski definition) is 3. The smallest absolute Gasteiger partial charge is 0.741 e. The molecular weight excluding hydrogens is 412 g/mol. The molecule has 0 aliphatic heterocycles. The Morgan fingerprint density at radius 2 is 1.18 bits per heavy atom. The summed E-state index contributed by atoms with van der Waals surface area (Å²) in [7, 11) is -6.09. The molecule has 22 heavy (non-hydrogen) atoms. The second-order valence-corrected chi connectivity index (χ2v) is 5.68. The van der Waals surface area contributed by atoms with Gasteiger partial charge >= 0.3 is 25.9 Å². The fraction of sp³-hybridized carbons (Fsp3) is 0.786. The Hall–Kier alpha value is -0.0277. The molecule has 0 amide bonds. The van der Waals surface area contributed by atoms with Crippen molar-refractivity contribution in [1.29, 1.82) is 0 Å². The van der Waals surface area contributed by atoms with E-state index >= 15 is 0 Å². The van der Waals surface area contributed by atoms with E-state index in [1.807, 2.05) is 0 Å². The van der Waals surface area contributed by atoms with Gasteiger partial charge in [0.15, 0.2) is 10.1 Å². The van der Waals surface area contributed by atoms with Crippen LogP contribution in [0.15, 0.2) is 12.7 Å². The summed E-state index contributed by atoms with van der Waals surface area (Å²) in [6.07, 6.45) is 13.0. The quantitative estimate of drug-likeness (QED) is 0.180. The van der Waals surface area contributed by atoms with Crippen molar-refractivity contribution < 1.29 is 46.6 Å². The Kier molecular flexibility index (Phi) is 25.9. The minimum atomic E-state index is -6.09. The molecule has 0 saturated carbocycles. The molecule has 0 bridgehead atoms. The first-order chi connectivity index (χ1) is 9.58. The van der Waals surface area contributed by atoms with Crippen molar-refractivity contribution in [2.24, 2.45) is 0 Å². The molecule has 0 aliphatic rings. The van der Waals surface area contributed by atoms with Gasteiger partial charge in [0.25, 0.3) is 0 Å². The Bertz CT molecular complexity index is 310. The van der Waals surface area contributed by atoms with Crippen LogP contribution in [0.25, 0.3) is 0 Å². The second-order valence-electron chi connectivity index (χ2n) is 4.31. The molecule has 0 heterocycles. The van der Waals surface area contributed by atoms with Crippen LogP contribution in [0.3, 0.4) is 0 Å². The molecule has 8 heteroatoms. The molecule has 0 spiro atoms. The molecule has 0 radical (unpaired) electrons. The number of rotatable bonds is 7. The van der Waals surface area contributed by atoms with Crippen LogP contribution in [-0.2, 0) is 30.5 Å². The maximum atomic E-state index is 10.7. The third-order valence-corrected chi connectivity index (χ3v) is 2.81. The SMILES string of the molecule is C=C[CH2-].CCCCCCCCCC.O=S(=O)([O-])C(F)(F)F.[Pd+2]. The van der Waals surface area contributed by atoms with Crippen LogP contribution in [0.4, 0.5) is 13.2 Å². The first-order valence-electron chi connectivity index (χ1n) is 7.00. The van der Waals surface area contributed by atoms with Gasteiger partial charge in [-0.1, -0.05) is 65.2 Å². The van der Waals surface area contributed by atoms with E-state index in [1.54, 1.807) is 0 Å². The van der Waals surface area contributed by atoms with Gasteiger partial charge in [-0.05, 0) is 0 Å². The molecule has 0 saturated heterocycles. The van der Waals surface area contributed by atoms with Gasteiger partial charge < -0.3 is 4.55 Å². The fourth-order valence-electron chi connectivity index (χ4n) is 1.21. The number of alkyl halides is 3. The summed E-state index contributed by atoms with van der Waals surface area (Å²) in [6.45, 7) is 11.0. The molecule has 138 valence electrons. The van der Waals surface area contributed by atoms with Gasteiger partial charge in [-0.3, -0.25) is 0 Å². The van der Waals surface area contributed by atoms with Crippen LogP contribution in [-0.4, -0.2) is 18.5 Å². The summed E-state index contributed by atoms with van der Waals surface area (Å²) < 4.78 is 58.9. The summed E-state index contributed by atoms with van der Waals surface area (Å²) in [5, 5.41) is 0. The predicted molar refractivity (Wildman–Crippen MR) is 79.6 cm³/mol. The van der Waals surface area contributed by atoms with Gasteiger partial charge in [0.2, 0.25) is 0 Å². The molecule has 0 N–H and O–H groups in total. The molecule has 0 fully saturated rings. The van der Waals surface area contributed by atoms with E-state index in [4.69, 9.17) is 13.0 Å². The predicted octanol–water partition coefficient (Wildman–Crippen LogP) is 5.20. The van der Waals surface area contributed by atoms with E-state index in [-0.39, 0.29) is 20.4 Å². The maximum Gasteiger partial charge on any atom is 2.00 e. The largest absolute Gasteiger partial charge is 2.00 e. The van der Waals surface area contributed by atoms with E-state index in [0.29, 0.717) is 0 Å². The molecule has 0 aromatic carbocycles. The number of hydrogen-bond donors (Lipinski definition) is 0. The van der Waals surface area contributed by atoms with Gasteiger partial charge in [0.1, 0.15) is 0 Å². The molecule has 0 aliphatic carbocycles. The van der Waals surface area contributed by atoms with Crippen molar-refractivity contribution in [3.8, 4) is 0 Å². The molecule has 0 unspecified atom stereocenters. The van der Waals surface area contributed by atoms with E-state index in [2.05, 4.69) is 27.4 Å². The van der Waals surface area contributed by atoms with E-state index in [9.17, 15) is 13.2 Å². The van der Waals surface area contributed by atoms with Crippen molar-refractivity contribution in [3.63, 3.8) is 0 Å². The van der Waals surface area contributed by atoms with E-state index < -0.39 is 15.6 Å². The summed E-state index contributed by atoms with van der Waals surface area (Å²) in [5.41, 5.74) is -5.65. The van der Waals surface area contributed by atoms with E-state index in [1.165, 1.54) is 57.4 Å². The monoisotopic (exact) mass is 438 g/mol. The third-order valence-electron chi connectivity index (χ3n) is 2.24. The fourth-order valence-corrected chi connectivity index (χ4v) is 1.21. The van der Waals surface area contributed by atoms with Gasteiger partial charge in [0, 0.05) is 0 Å². The summed E-state index contributed by atoms with van der Waals surface area (Å²) in [5.74, 6) is 0. The van der Waals surface area contributed by atoms with Crippen molar-refractivity contribution in [2.45, 2.75) is 70.7 Å². The topological polar surface area (TPSA) is 57.2 Å². The molecule has 3 nitrogen and oxygen atoms in total. The average molecular weight is 439 g/mol. The average Bonchev–Trinajstić information content (AvgIpc) is 2.33.